The molecule has 0 saturated heterocycles. The first-order valence-electron chi connectivity index (χ1n) is 7.66. The molecular formula is C17H19N5O2. The Morgan fingerprint density at radius 1 is 1.29 bits per heavy atom. The first-order valence-corrected chi connectivity index (χ1v) is 7.66. The molecule has 0 spiro atoms. The number of pyridine rings is 1. The minimum absolute atomic E-state index is 0.393. The molecule has 3 rings (SSSR count). The van der Waals surface area contributed by atoms with Crippen LogP contribution in [-0.2, 0) is 0 Å². The molecule has 0 aliphatic carbocycles. The summed E-state index contributed by atoms with van der Waals surface area (Å²) in [4.78, 5) is 16.5. The molecule has 0 unspecified atom stereocenters. The van der Waals surface area contributed by atoms with Crippen molar-refractivity contribution in [2.45, 2.75) is 26.0 Å². The van der Waals surface area contributed by atoms with Gasteiger partial charge in [-0.3, -0.25) is 10.4 Å². The number of carbonyl (C=O) groups excluding carboxylic acids is 1. The smallest absolute Gasteiger partial charge is 0.320 e. The van der Waals surface area contributed by atoms with Crippen LogP contribution < -0.4 is 10.6 Å². The van der Waals surface area contributed by atoms with Gasteiger partial charge in [0, 0.05) is 23.3 Å². The van der Waals surface area contributed by atoms with Crippen molar-refractivity contribution in [1.29, 1.82) is 0 Å². The fraction of sp³-hybridized carbons (Fsp3) is 0.235. The average Bonchev–Trinajstić information content (AvgIpc) is 2.94. The molecule has 2 amide bonds. The first kappa shape index (κ1) is 15.9. The van der Waals surface area contributed by atoms with Gasteiger partial charge in [-0.2, -0.15) is 5.10 Å². The molecule has 0 aliphatic rings. The number of carbonyl (C=O) groups is 1. The number of anilines is 1. The molecule has 7 heteroatoms. The summed E-state index contributed by atoms with van der Waals surface area (Å²) >= 11 is 0. The number of aromatic amines is 1. The third-order valence-electron chi connectivity index (χ3n) is 3.80. The van der Waals surface area contributed by atoms with E-state index >= 15 is 0 Å². The lowest BCUT2D eigenvalue weighted by Crippen LogP contribution is -2.37. The number of amides is 2. The van der Waals surface area contributed by atoms with Crippen molar-refractivity contribution in [3.05, 3.63) is 53.9 Å². The Balaban J connectivity index is 1.73. The number of aliphatic hydroxyl groups excluding tert-OH is 1. The Morgan fingerprint density at radius 2 is 2.04 bits per heavy atom. The zero-order valence-electron chi connectivity index (χ0n) is 13.4. The zero-order valence-corrected chi connectivity index (χ0v) is 13.4. The van der Waals surface area contributed by atoms with Crippen LogP contribution >= 0.6 is 0 Å². The van der Waals surface area contributed by atoms with Gasteiger partial charge in [-0.15, -0.1) is 0 Å². The van der Waals surface area contributed by atoms with Crippen LogP contribution in [-0.4, -0.2) is 32.4 Å². The van der Waals surface area contributed by atoms with Gasteiger partial charge in [-0.05, 0) is 19.4 Å². The number of urea groups is 1. The molecule has 0 fully saturated rings. The predicted molar refractivity (Wildman–Crippen MR) is 91.6 cm³/mol. The maximum absolute atomic E-state index is 12.2. The number of hydrogen-bond donors (Lipinski definition) is 4. The number of nitrogens with zero attached hydrogens (tertiary/aromatic N) is 2. The minimum atomic E-state index is -0.734. The molecule has 0 radical (unpaired) electrons. The van der Waals surface area contributed by atoms with E-state index in [-0.39, 0.29) is 0 Å². The highest BCUT2D eigenvalue weighted by molar-refractivity contribution is 5.91. The van der Waals surface area contributed by atoms with Crippen LogP contribution in [0.2, 0.25) is 0 Å². The topological polar surface area (TPSA) is 103 Å². The number of hydrogen-bond acceptors (Lipinski definition) is 4. The fourth-order valence-corrected chi connectivity index (χ4v) is 2.54. The molecule has 1 aromatic carbocycles. The highest BCUT2D eigenvalue weighted by Crippen LogP contribution is 2.19. The summed E-state index contributed by atoms with van der Waals surface area (Å²) in [5, 5.41) is 23.3. The Morgan fingerprint density at radius 3 is 2.75 bits per heavy atom. The molecular weight excluding hydrogens is 306 g/mol. The Bertz CT molecular complexity index is 845. The number of aryl methyl sites for hydroxylation is 1. The lowest BCUT2D eigenvalue weighted by molar-refractivity contribution is 0.148. The van der Waals surface area contributed by atoms with E-state index in [2.05, 4.69) is 25.8 Å². The van der Waals surface area contributed by atoms with Gasteiger partial charge in [-0.1, -0.05) is 30.3 Å². The second kappa shape index (κ2) is 6.67. The highest BCUT2D eigenvalue weighted by Gasteiger charge is 2.19. The van der Waals surface area contributed by atoms with Crippen LogP contribution in [0.4, 0.5) is 10.6 Å². The highest BCUT2D eigenvalue weighted by atomic mass is 16.3. The van der Waals surface area contributed by atoms with Gasteiger partial charge in [0.2, 0.25) is 0 Å². The van der Waals surface area contributed by atoms with Crippen molar-refractivity contribution >= 4 is 22.8 Å². The number of H-pyrrole nitrogens is 1. The number of benzene rings is 1. The van der Waals surface area contributed by atoms with Gasteiger partial charge >= 0.3 is 6.03 Å². The van der Waals surface area contributed by atoms with Crippen molar-refractivity contribution in [1.82, 2.24) is 20.5 Å². The monoisotopic (exact) mass is 325 g/mol. The number of nitrogens with one attached hydrogen (secondary N) is 3. The maximum atomic E-state index is 12.2. The van der Waals surface area contributed by atoms with E-state index in [1.807, 2.05) is 37.3 Å². The average molecular weight is 325 g/mol. The van der Waals surface area contributed by atoms with Crippen molar-refractivity contribution in [3.63, 3.8) is 0 Å². The van der Waals surface area contributed by atoms with Crippen molar-refractivity contribution in [2.75, 3.05) is 5.32 Å². The summed E-state index contributed by atoms with van der Waals surface area (Å²) in [5.74, 6) is 0.393. The fourth-order valence-electron chi connectivity index (χ4n) is 2.54. The Hall–Kier alpha value is -2.93. The van der Waals surface area contributed by atoms with Gasteiger partial charge in [0.05, 0.1) is 17.7 Å². The third-order valence-corrected chi connectivity index (χ3v) is 3.80. The molecule has 2 aromatic heterocycles. The van der Waals surface area contributed by atoms with Crippen molar-refractivity contribution in [2.24, 2.45) is 0 Å². The third kappa shape index (κ3) is 3.36. The van der Waals surface area contributed by atoms with E-state index in [1.54, 1.807) is 19.2 Å². The Labute approximate surface area is 139 Å². The van der Waals surface area contributed by atoms with Crippen LogP contribution in [0.25, 0.3) is 10.9 Å². The summed E-state index contributed by atoms with van der Waals surface area (Å²) in [7, 11) is 0. The van der Waals surface area contributed by atoms with E-state index < -0.39 is 18.2 Å². The van der Waals surface area contributed by atoms with Crippen molar-refractivity contribution < 1.29 is 9.90 Å². The standard InChI is InChI=1S/C17H19N5O2/c1-10-13-9-18-15(8-14(13)22-21-10)19-17(24)20-16(11(2)23)12-6-4-3-5-7-12/h3-9,11,16,23H,1-2H3,(H,21,22)(H2,18,19,20,24)/t11-,16-/m1/s1. The number of fused-ring (bicyclic) bond motifs is 1. The molecule has 2 heterocycles. The molecule has 0 aliphatic heterocycles. The molecule has 4 N–H and O–H groups in total. The number of aliphatic hydroxyl groups is 1. The van der Waals surface area contributed by atoms with E-state index in [0.29, 0.717) is 5.82 Å². The van der Waals surface area contributed by atoms with E-state index in [0.717, 1.165) is 22.2 Å². The van der Waals surface area contributed by atoms with Gasteiger partial charge < -0.3 is 10.4 Å². The molecule has 124 valence electrons. The maximum Gasteiger partial charge on any atom is 0.320 e. The molecule has 2 atom stereocenters. The van der Waals surface area contributed by atoms with Gasteiger partial charge in [0.25, 0.3) is 0 Å². The molecule has 0 saturated carbocycles. The Kier molecular flexibility index (Phi) is 4.43. The van der Waals surface area contributed by atoms with Gasteiger partial charge in [0.15, 0.2) is 0 Å². The first-order chi connectivity index (χ1) is 11.5. The van der Waals surface area contributed by atoms with E-state index in [1.165, 1.54) is 0 Å². The lowest BCUT2D eigenvalue weighted by atomic mass is 10.0. The van der Waals surface area contributed by atoms with Crippen LogP contribution in [0.1, 0.15) is 24.2 Å². The summed E-state index contributed by atoms with van der Waals surface area (Å²) in [5.41, 5.74) is 2.48. The van der Waals surface area contributed by atoms with Gasteiger partial charge in [-0.25, -0.2) is 9.78 Å². The minimum Gasteiger partial charge on any atom is -0.391 e. The summed E-state index contributed by atoms with van der Waals surface area (Å²) < 4.78 is 0. The zero-order chi connectivity index (χ0) is 17.1. The summed E-state index contributed by atoms with van der Waals surface area (Å²) in [6, 6.07) is 10.1. The van der Waals surface area contributed by atoms with Crippen molar-refractivity contribution in [3.8, 4) is 0 Å². The van der Waals surface area contributed by atoms with Crippen LogP contribution in [0.3, 0.4) is 0 Å². The largest absolute Gasteiger partial charge is 0.391 e. The van der Waals surface area contributed by atoms with Crippen LogP contribution in [0, 0.1) is 6.92 Å². The van der Waals surface area contributed by atoms with E-state index in [4.69, 9.17) is 0 Å². The summed E-state index contributed by atoms with van der Waals surface area (Å²) in [6.07, 6.45) is 0.926. The SMILES string of the molecule is Cc1[nH]nc2cc(NC(=O)N[C@@H](c3ccccc3)[C@@H](C)O)ncc12. The molecule has 3 aromatic rings. The normalized spacial score (nSPS) is 13.5. The number of rotatable bonds is 4. The van der Waals surface area contributed by atoms with Crippen LogP contribution in [0.15, 0.2) is 42.6 Å². The molecule has 24 heavy (non-hydrogen) atoms. The molecule has 0 bridgehead atoms. The van der Waals surface area contributed by atoms with Gasteiger partial charge in [0.1, 0.15) is 5.82 Å². The lowest BCUT2D eigenvalue weighted by Gasteiger charge is -2.22. The summed E-state index contributed by atoms with van der Waals surface area (Å²) in [6.45, 7) is 3.54. The second-order valence-electron chi connectivity index (χ2n) is 5.66. The van der Waals surface area contributed by atoms with E-state index in [9.17, 15) is 9.90 Å². The van der Waals surface area contributed by atoms with Crippen LogP contribution in [0.5, 0.6) is 0 Å². The quantitative estimate of drug-likeness (QED) is 0.592. The second-order valence-corrected chi connectivity index (χ2v) is 5.66. The molecule has 7 nitrogen and oxygen atoms in total. The number of aromatic nitrogens is 3. The predicted octanol–water partition coefficient (Wildman–Crippen LogP) is 2.51.